The molecule has 1 saturated heterocycles. The number of carbonyl (C=O) groups is 2. The van der Waals surface area contributed by atoms with Crippen molar-refractivity contribution in [1.29, 1.82) is 0 Å². The SMILES string of the molecule is CCc1cn[nH]c1NC(=O)C1CCC(=O)NC1. The lowest BCUT2D eigenvalue weighted by Crippen LogP contribution is -2.40. The van der Waals surface area contributed by atoms with E-state index in [0.717, 1.165) is 12.0 Å². The highest BCUT2D eigenvalue weighted by Crippen LogP contribution is 2.16. The van der Waals surface area contributed by atoms with Gasteiger partial charge in [0.1, 0.15) is 5.82 Å². The Kier molecular flexibility index (Phi) is 3.41. The van der Waals surface area contributed by atoms with E-state index in [9.17, 15) is 9.59 Å². The van der Waals surface area contributed by atoms with Crippen molar-refractivity contribution in [2.75, 3.05) is 11.9 Å². The second-order valence-electron chi connectivity index (χ2n) is 4.15. The van der Waals surface area contributed by atoms with E-state index in [0.29, 0.717) is 25.2 Å². The zero-order valence-electron chi connectivity index (χ0n) is 9.75. The summed E-state index contributed by atoms with van der Waals surface area (Å²) < 4.78 is 0. The smallest absolute Gasteiger partial charge is 0.230 e. The van der Waals surface area contributed by atoms with Crippen LogP contribution in [-0.4, -0.2) is 28.6 Å². The van der Waals surface area contributed by atoms with E-state index in [4.69, 9.17) is 0 Å². The Hall–Kier alpha value is -1.85. The lowest BCUT2D eigenvalue weighted by molar-refractivity contribution is -0.126. The van der Waals surface area contributed by atoms with Crippen LogP contribution < -0.4 is 10.6 Å². The van der Waals surface area contributed by atoms with Crippen LogP contribution in [-0.2, 0) is 16.0 Å². The number of aromatic amines is 1. The Bertz CT molecular complexity index is 417. The maximum absolute atomic E-state index is 11.9. The van der Waals surface area contributed by atoms with E-state index in [1.807, 2.05) is 6.92 Å². The fraction of sp³-hybridized carbons (Fsp3) is 0.545. The number of aromatic nitrogens is 2. The summed E-state index contributed by atoms with van der Waals surface area (Å²) in [5.41, 5.74) is 0.984. The molecule has 0 spiro atoms. The Balaban J connectivity index is 1.95. The molecule has 2 rings (SSSR count). The van der Waals surface area contributed by atoms with Gasteiger partial charge in [0.25, 0.3) is 0 Å². The number of nitrogens with one attached hydrogen (secondary N) is 3. The lowest BCUT2D eigenvalue weighted by atomic mass is 9.98. The first-order valence-corrected chi connectivity index (χ1v) is 5.80. The van der Waals surface area contributed by atoms with Crippen molar-refractivity contribution in [2.24, 2.45) is 5.92 Å². The first kappa shape index (κ1) is 11.6. The lowest BCUT2D eigenvalue weighted by Gasteiger charge is -2.21. The molecule has 0 aliphatic carbocycles. The van der Waals surface area contributed by atoms with Crippen LogP contribution in [0.4, 0.5) is 5.82 Å². The molecule has 1 fully saturated rings. The number of aryl methyl sites for hydroxylation is 1. The van der Waals surface area contributed by atoms with Gasteiger partial charge in [-0.2, -0.15) is 5.10 Å². The number of amides is 2. The summed E-state index contributed by atoms with van der Waals surface area (Å²) in [5.74, 6) is 0.462. The summed E-state index contributed by atoms with van der Waals surface area (Å²) in [6, 6.07) is 0. The van der Waals surface area contributed by atoms with Crippen molar-refractivity contribution in [2.45, 2.75) is 26.2 Å². The van der Waals surface area contributed by atoms with Gasteiger partial charge in [0.2, 0.25) is 11.8 Å². The number of hydrogen-bond acceptors (Lipinski definition) is 3. The number of hydrogen-bond donors (Lipinski definition) is 3. The molecule has 3 N–H and O–H groups in total. The average Bonchev–Trinajstić information content (AvgIpc) is 2.77. The maximum atomic E-state index is 11.9. The Labute approximate surface area is 99.2 Å². The second-order valence-corrected chi connectivity index (χ2v) is 4.15. The number of H-pyrrole nitrogens is 1. The highest BCUT2D eigenvalue weighted by molar-refractivity contribution is 5.93. The summed E-state index contributed by atoms with van der Waals surface area (Å²) in [5, 5.41) is 12.2. The molecule has 2 amide bonds. The number of piperidine rings is 1. The summed E-state index contributed by atoms with van der Waals surface area (Å²) in [7, 11) is 0. The predicted molar refractivity (Wildman–Crippen MR) is 62.3 cm³/mol. The second kappa shape index (κ2) is 4.99. The molecule has 1 aromatic heterocycles. The van der Waals surface area contributed by atoms with Crippen LogP contribution in [0.2, 0.25) is 0 Å². The highest BCUT2D eigenvalue weighted by atomic mass is 16.2. The number of carbonyl (C=O) groups excluding carboxylic acids is 2. The molecule has 1 aliphatic heterocycles. The third kappa shape index (κ3) is 2.64. The topological polar surface area (TPSA) is 86.9 Å². The molecule has 17 heavy (non-hydrogen) atoms. The molecule has 0 saturated carbocycles. The van der Waals surface area contributed by atoms with E-state index in [1.54, 1.807) is 6.20 Å². The van der Waals surface area contributed by atoms with Crippen LogP contribution in [0.3, 0.4) is 0 Å². The molecule has 1 aromatic rings. The summed E-state index contributed by atoms with van der Waals surface area (Å²) >= 11 is 0. The van der Waals surface area contributed by atoms with Gasteiger partial charge in [-0.3, -0.25) is 14.7 Å². The van der Waals surface area contributed by atoms with Crippen LogP contribution in [0.1, 0.15) is 25.3 Å². The van der Waals surface area contributed by atoms with Crippen LogP contribution in [0.15, 0.2) is 6.20 Å². The minimum atomic E-state index is -0.152. The largest absolute Gasteiger partial charge is 0.355 e. The van der Waals surface area contributed by atoms with E-state index in [-0.39, 0.29) is 17.7 Å². The van der Waals surface area contributed by atoms with Gasteiger partial charge in [0.15, 0.2) is 0 Å². The number of anilines is 1. The first-order chi connectivity index (χ1) is 8.20. The third-order valence-corrected chi connectivity index (χ3v) is 2.98. The van der Waals surface area contributed by atoms with Gasteiger partial charge in [-0.25, -0.2) is 0 Å². The van der Waals surface area contributed by atoms with Gasteiger partial charge >= 0.3 is 0 Å². The molecular weight excluding hydrogens is 220 g/mol. The molecule has 92 valence electrons. The third-order valence-electron chi connectivity index (χ3n) is 2.98. The Morgan fingerprint density at radius 2 is 2.47 bits per heavy atom. The molecule has 0 radical (unpaired) electrons. The van der Waals surface area contributed by atoms with Crippen molar-refractivity contribution in [3.63, 3.8) is 0 Å². The summed E-state index contributed by atoms with van der Waals surface area (Å²) in [6.45, 7) is 2.42. The highest BCUT2D eigenvalue weighted by Gasteiger charge is 2.25. The van der Waals surface area contributed by atoms with Gasteiger partial charge in [-0.1, -0.05) is 6.92 Å². The van der Waals surface area contributed by atoms with E-state index in [1.165, 1.54) is 0 Å². The van der Waals surface area contributed by atoms with Crippen molar-refractivity contribution in [1.82, 2.24) is 15.5 Å². The molecule has 6 nitrogen and oxygen atoms in total. The van der Waals surface area contributed by atoms with Gasteiger partial charge in [0.05, 0.1) is 12.1 Å². The molecule has 1 unspecified atom stereocenters. The van der Waals surface area contributed by atoms with Gasteiger partial charge < -0.3 is 10.6 Å². The molecule has 1 atom stereocenters. The van der Waals surface area contributed by atoms with Gasteiger partial charge in [0, 0.05) is 18.5 Å². The molecule has 0 aromatic carbocycles. The average molecular weight is 236 g/mol. The van der Waals surface area contributed by atoms with Crippen molar-refractivity contribution in [3.05, 3.63) is 11.8 Å². The fourth-order valence-electron chi connectivity index (χ4n) is 1.87. The molecule has 6 heteroatoms. The van der Waals surface area contributed by atoms with Crippen LogP contribution >= 0.6 is 0 Å². The molecule has 2 heterocycles. The van der Waals surface area contributed by atoms with E-state index < -0.39 is 0 Å². The Morgan fingerprint density at radius 3 is 3.12 bits per heavy atom. The van der Waals surface area contributed by atoms with Crippen LogP contribution in [0.5, 0.6) is 0 Å². The van der Waals surface area contributed by atoms with E-state index in [2.05, 4.69) is 20.8 Å². The van der Waals surface area contributed by atoms with Gasteiger partial charge in [-0.05, 0) is 12.8 Å². The first-order valence-electron chi connectivity index (χ1n) is 5.80. The standard InChI is InChI=1S/C11H16N4O2/c1-2-7-6-13-15-10(7)14-11(17)8-3-4-9(16)12-5-8/h6,8H,2-5H2,1H3,(H,12,16)(H2,13,14,15,17). The zero-order chi connectivity index (χ0) is 12.3. The van der Waals surface area contributed by atoms with Gasteiger partial charge in [-0.15, -0.1) is 0 Å². The van der Waals surface area contributed by atoms with Crippen molar-refractivity contribution in [3.8, 4) is 0 Å². The summed E-state index contributed by atoms with van der Waals surface area (Å²) in [4.78, 5) is 22.9. The van der Waals surface area contributed by atoms with Crippen LogP contribution in [0.25, 0.3) is 0 Å². The number of nitrogens with zero attached hydrogens (tertiary/aromatic N) is 1. The monoisotopic (exact) mass is 236 g/mol. The zero-order valence-corrected chi connectivity index (χ0v) is 9.75. The minimum Gasteiger partial charge on any atom is -0.355 e. The molecular formula is C11H16N4O2. The molecule has 0 bridgehead atoms. The van der Waals surface area contributed by atoms with Crippen molar-refractivity contribution >= 4 is 17.6 Å². The predicted octanol–water partition coefficient (Wildman–Crippen LogP) is 0.437. The number of rotatable bonds is 3. The normalized spacial score (nSPS) is 19.8. The maximum Gasteiger partial charge on any atom is 0.230 e. The molecule has 1 aliphatic rings. The van der Waals surface area contributed by atoms with Crippen LogP contribution in [0, 0.1) is 5.92 Å². The minimum absolute atomic E-state index is 0.0184. The van der Waals surface area contributed by atoms with E-state index >= 15 is 0 Å². The van der Waals surface area contributed by atoms with Crippen molar-refractivity contribution < 1.29 is 9.59 Å². The Morgan fingerprint density at radius 1 is 1.65 bits per heavy atom. The quantitative estimate of drug-likeness (QED) is 0.711. The fourth-order valence-corrected chi connectivity index (χ4v) is 1.87. The summed E-state index contributed by atoms with van der Waals surface area (Å²) in [6.07, 6.45) is 3.54.